The van der Waals surface area contributed by atoms with Gasteiger partial charge in [0.2, 0.25) is 0 Å². The van der Waals surface area contributed by atoms with Crippen LogP contribution in [0.4, 0.5) is 5.69 Å². The minimum Gasteiger partial charge on any atom is -0.322 e. The number of rotatable bonds is 7. The van der Waals surface area contributed by atoms with Crippen molar-refractivity contribution in [2.75, 3.05) is 24.7 Å². The van der Waals surface area contributed by atoms with Crippen molar-refractivity contribution in [1.29, 1.82) is 0 Å². The Morgan fingerprint density at radius 2 is 1.74 bits per heavy atom. The maximum Gasteiger partial charge on any atom is 0.256 e. The highest BCUT2D eigenvalue weighted by molar-refractivity contribution is 7.90. The Kier molecular flexibility index (Phi) is 8.12. The summed E-state index contributed by atoms with van der Waals surface area (Å²) < 4.78 is 24.8. The van der Waals surface area contributed by atoms with Crippen molar-refractivity contribution in [1.82, 2.24) is 9.88 Å². The smallest absolute Gasteiger partial charge is 0.256 e. The Bertz CT molecular complexity index is 1600. The topological polar surface area (TPSA) is 79.4 Å². The molecule has 1 aliphatic rings. The van der Waals surface area contributed by atoms with Gasteiger partial charge in [-0.2, -0.15) is 0 Å². The molecule has 0 atom stereocenters. The van der Waals surface area contributed by atoms with Crippen LogP contribution in [0.5, 0.6) is 0 Å². The van der Waals surface area contributed by atoms with Crippen LogP contribution in [0.2, 0.25) is 5.02 Å². The van der Waals surface area contributed by atoms with Crippen molar-refractivity contribution in [2.45, 2.75) is 30.7 Å². The summed E-state index contributed by atoms with van der Waals surface area (Å²) in [7, 11) is -3.47. The molecule has 1 amide bonds. The van der Waals surface area contributed by atoms with Gasteiger partial charge in [0.25, 0.3) is 5.91 Å². The molecule has 1 fully saturated rings. The summed E-state index contributed by atoms with van der Waals surface area (Å²) in [6, 6.07) is 23.4. The third kappa shape index (κ3) is 6.56. The van der Waals surface area contributed by atoms with Crippen LogP contribution >= 0.6 is 11.6 Å². The number of nitrogens with zero attached hydrogens (tertiary/aromatic N) is 2. The van der Waals surface area contributed by atoms with Gasteiger partial charge in [0, 0.05) is 35.8 Å². The fourth-order valence-corrected chi connectivity index (χ4v) is 5.79. The van der Waals surface area contributed by atoms with Crippen molar-refractivity contribution in [2.24, 2.45) is 0 Å². The highest BCUT2D eigenvalue weighted by Gasteiger charge is 2.19. The largest absolute Gasteiger partial charge is 0.322 e. The van der Waals surface area contributed by atoms with Gasteiger partial charge in [-0.1, -0.05) is 42.3 Å². The molecule has 0 saturated carbocycles. The predicted molar refractivity (Wildman–Crippen MR) is 157 cm³/mol. The van der Waals surface area contributed by atoms with E-state index in [1.807, 2.05) is 36.4 Å². The van der Waals surface area contributed by atoms with E-state index in [9.17, 15) is 13.2 Å². The average molecular weight is 560 g/mol. The second kappa shape index (κ2) is 11.7. The van der Waals surface area contributed by atoms with Crippen molar-refractivity contribution in [3.05, 3.63) is 101 Å². The Labute approximate surface area is 234 Å². The van der Waals surface area contributed by atoms with Gasteiger partial charge in [0.1, 0.15) is 0 Å². The van der Waals surface area contributed by atoms with E-state index in [0.29, 0.717) is 33.1 Å². The number of benzene rings is 3. The second-order valence-electron chi connectivity index (χ2n) is 9.88. The molecular formula is C31H30ClN3O3S. The molecule has 0 radical (unpaired) electrons. The van der Waals surface area contributed by atoms with Crippen molar-refractivity contribution >= 4 is 33.0 Å². The molecule has 200 valence electrons. The van der Waals surface area contributed by atoms with Crippen LogP contribution in [0.3, 0.4) is 0 Å². The summed E-state index contributed by atoms with van der Waals surface area (Å²) in [5, 5.41) is 3.48. The van der Waals surface area contributed by atoms with E-state index in [1.54, 1.807) is 36.5 Å². The molecule has 6 nitrogen and oxygen atoms in total. The molecule has 5 rings (SSSR count). The molecule has 8 heteroatoms. The van der Waals surface area contributed by atoms with Crippen molar-refractivity contribution in [3.8, 4) is 22.4 Å². The van der Waals surface area contributed by atoms with Gasteiger partial charge in [-0.25, -0.2) is 8.42 Å². The third-order valence-electron chi connectivity index (χ3n) is 6.92. The van der Waals surface area contributed by atoms with Gasteiger partial charge >= 0.3 is 0 Å². The van der Waals surface area contributed by atoms with Crippen LogP contribution in [-0.2, 0) is 16.4 Å². The van der Waals surface area contributed by atoms with Crippen LogP contribution < -0.4 is 5.32 Å². The van der Waals surface area contributed by atoms with E-state index in [-0.39, 0.29) is 10.8 Å². The number of hydrogen-bond donors (Lipinski definition) is 1. The van der Waals surface area contributed by atoms with E-state index in [4.69, 9.17) is 11.6 Å². The minimum atomic E-state index is -3.47. The van der Waals surface area contributed by atoms with Gasteiger partial charge in [-0.05, 0) is 97.2 Å². The maximum atomic E-state index is 13.6. The summed E-state index contributed by atoms with van der Waals surface area (Å²) in [4.78, 5) is 20.6. The van der Waals surface area contributed by atoms with Crippen LogP contribution in [0.15, 0.2) is 90.0 Å². The molecule has 39 heavy (non-hydrogen) atoms. The molecule has 0 unspecified atom stereocenters. The van der Waals surface area contributed by atoms with Gasteiger partial charge in [0.15, 0.2) is 9.84 Å². The quantitative estimate of drug-likeness (QED) is 0.272. The summed E-state index contributed by atoms with van der Waals surface area (Å²) >= 11 is 6.42. The summed E-state index contributed by atoms with van der Waals surface area (Å²) in [5.74, 6) is -0.347. The molecular weight excluding hydrogens is 530 g/mol. The molecule has 0 bridgehead atoms. The van der Waals surface area contributed by atoms with Crippen LogP contribution in [-0.4, -0.2) is 43.6 Å². The zero-order valence-electron chi connectivity index (χ0n) is 21.7. The Balaban J connectivity index is 1.49. The third-order valence-corrected chi connectivity index (χ3v) is 8.36. The first kappa shape index (κ1) is 27.1. The molecule has 2 heterocycles. The Morgan fingerprint density at radius 3 is 2.49 bits per heavy atom. The van der Waals surface area contributed by atoms with Gasteiger partial charge < -0.3 is 5.32 Å². The van der Waals surface area contributed by atoms with E-state index in [0.717, 1.165) is 30.8 Å². The number of sulfone groups is 1. The molecule has 0 aliphatic carbocycles. The molecule has 1 saturated heterocycles. The molecule has 3 aromatic carbocycles. The average Bonchev–Trinajstić information content (AvgIpc) is 2.94. The standard InChI is InChI=1S/C31H30ClN3O3S/c1-39(37,38)25-12-13-26(27(20-25)23-9-7-8-22(18-23)21-35-16-5-2-6-17-35)31(36)34-24-11-14-29(32)28(19-24)30-10-3-4-15-33-30/h3-4,7-15,18-20H,2,5-6,16-17,21H2,1H3,(H,34,36). The molecule has 1 aromatic heterocycles. The number of pyridine rings is 1. The number of piperidine rings is 1. The van der Waals surface area contributed by atoms with Gasteiger partial charge in [-0.15, -0.1) is 0 Å². The van der Waals surface area contributed by atoms with Crippen LogP contribution in [0.25, 0.3) is 22.4 Å². The maximum absolute atomic E-state index is 13.6. The lowest BCUT2D eigenvalue weighted by Crippen LogP contribution is -2.29. The number of carbonyl (C=O) groups is 1. The van der Waals surface area contributed by atoms with E-state index < -0.39 is 9.84 Å². The Morgan fingerprint density at radius 1 is 0.923 bits per heavy atom. The number of carbonyl (C=O) groups excluding carboxylic acids is 1. The first-order valence-electron chi connectivity index (χ1n) is 13.0. The minimum absolute atomic E-state index is 0.166. The first-order valence-corrected chi connectivity index (χ1v) is 15.2. The molecule has 1 aliphatic heterocycles. The number of likely N-dealkylation sites (tertiary alicyclic amines) is 1. The van der Waals surface area contributed by atoms with E-state index in [2.05, 4.69) is 21.3 Å². The number of halogens is 1. The van der Waals surface area contributed by atoms with Crippen molar-refractivity contribution < 1.29 is 13.2 Å². The van der Waals surface area contributed by atoms with E-state index in [1.165, 1.54) is 31.6 Å². The lowest BCUT2D eigenvalue weighted by molar-refractivity contribution is 0.102. The monoisotopic (exact) mass is 559 g/mol. The number of anilines is 1. The van der Waals surface area contributed by atoms with Crippen molar-refractivity contribution in [3.63, 3.8) is 0 Å². The van der Waals surface area contributed by atoms with Gasteiger partial charge in [-0.3, -0.25) is 14.7 Å². The number of amides is 1. The summed E-state index contributed by atoms with van der Waals surface area (Å²) in [6.07, 6.45) is 6.53. The highest BCUT2D eigenvalue weighted by Crippen LogP contribution is 2.32. The number of aromatic nitrogens is 1. The van der Waals surface area contributed by atoms with E-state index >= 15 is 0 Å². The van der Waals surface area contributed by atoms with Crippen LogP contribution in [0, 0.1) is 0 Å². The fraction of sp³-hybridized carbons (Fsp3) is 0.226. The predicted octanol–water partition coefficient (Wildman–Crippen LogP) is 6.71. The number of nitrogens with one attached hydrogen (secondary N) is 1. The van der Waals surface area contributed by atoms with Gasteiger partial charge in [0.05, 0.1) is 15.6 Å². The fourth-order valence-electron chi connectivity index (χ4n) is 4.92. The SMILES string of the molecule is CS(=O)(=O)c1ccc(C(=O)Nc2ccc(Cl)c(-c3ccccn3)c2)c(-c2cccc(CN3CCCCC3)c2)c1. The first-order chi connectivity index (χ1) is 18.8. The number of hydrogen-bond acceptors (Lipinski definition) is 5. The lowest BCUT2D eigenvalue weighted by Gasteiger charge is -2.26. The summed E-state index contributed by atoms with van der Waals surface area (Å²) in [6.45, 7) is 2.97. The second-order valence-corrected chi connectivity index (χ2v) is 12.3. The lowest BCUT2D eigenvalue weighted by atomic mass is 9.97. The zero-order chi connectivity index (χ0) is 27.4. The van der Waals surface area contributed by atoms with Crippen LogP contribution in [0.1, 0.15) is 35.2 Å². The molecule has 4 aromatic rings. The Hall–Kier alpha value is -3.52. The summed E-state index contributed by atoms with van der Waals surface area (Å²) in [5.41, 5.74) is 4.83. The molecule has 1 N–H and O–H groups in total. The normalized spacial score (nSPS) is 14.2. The highest BCUT2D eigenvalue weighted by atomic mass is 35.5. The zero-order valence-corrected chi connectivity index (χ0v) is 23.3. The molecule has 0 spiro atoms.